The lowest BCUT2D eigenvalue weighted by Crippen LogP contribution is -2.24. The zero-order valence-corrected chi connectivity index (χ0v) is 13.6. The molecule has 5 nitrogen and oxygen atoms in total. The second-order valence-electron chi connectivity index (χ2n) is 5.69. The minimum Gasteiger partial charge on any atom is -0.375 e. The number of aromatic nitrogens is 2. The Kier molecular flexibility index (Phi) is 5.24. The Morgan fingerprint density at radius 2 is 1.86 bits per heavy atom. The Balaban J connectivity index is 1.50. The van der Waals surface area contributed by atoms with Crippen LogP contribution in [0.15, 0.2) is 24.5 Å². The molecule has 3 rings (SSSR count). The van der Waals surface area contributed by atoms with Crippen LogP contribution in [0.2, 0.25) is 0 Å². The van der Waals surface area contributed by atoms with Crippen molar-refractivity contribution in [2.24, 2.45) is 0 Å². The molecule has 1 saturated heterocycles. The predicted octanol–water partition coefficient (Wildman–Crippen LogP) is 2.79. The third-order valence-corrected chi connectivity index (χ3v) is 4.77. The Morgan fingerprint density at radius 1 is 1.05 bits per heavy atom. The van der Waals surface area contributed by atoms with Crippen LogP contribution < -0.4 is 16.0 Å². The smallest absolute Gasteiger partial charge is 0.180 e. The third-order valence-electron chi connectivity index (χ3n) is 3.94. The first-order valence-corrected chi connectivity index (χ1v) is 8.74. The number of hydrogen-bond acceptors (Lipinski definition) is 6. The van der Waals surface area contributed by atoms with Crippen molar-refractivity contribution in [3.63, 3.8) is 0 Å². The van der Waals surface area contributed by atoms with Crippen molar-refractivity contribution in [1.29, 1.82) is 0 Å². The highest BCUT2D eigenvalue weighted by Gasteiger charge is 2.10. The molecule has 0 spiro atoms. The fourth-order valence-electron chi connectivity index (χ4n) is 2.74. The normalized spacial score (nSPS) is 15.7. The van der Waals surface area contributed by atoms with Gasteiger partial charge in [0.15, 0.2) is 5.13 Å². The van der Waals surface area contributed by atoms with E-state index < -0.39 is 0 Å². The highest BCUT2D eigenvalue weighted by molar-refractivity contribution is 7.15. The SMILES string of the molecule is Nc1ncc(CNCc2ccc(N3CCCCCC3)nc2)s1. The average molecular weight is 317 g/mol. The van der Waals surface area contributed by atoms with Crippen LogP contribution in [-0.2, 0) is 13.1 Å². The first-order valence-electron chi connectivity index (χ1n) is 7.92. The van der Waals surface area contributed by atoms with E-state index in [0.29, 0.717) is 5.13 Å². The van der Waals surface area contributed by atoms with Crippen LogP contribution in [0.5, 0.6) is 0 Å². The summed E-state index contributed by atoms with van der Waals surface area (Å²) in [6, 6.07) is 4.31. The molecule has 1 fully saturated rings. The van der Waals surface area contributed by atoms with Crippen LogP contribution in [0.4, 0.5) is 10.9 Å². The van der Waals surface area contributed by atoms with Gasteiger partial charge < -0.3 is 16.0 Å². The molecule has 1 aliphatic heterocycles. The van der Waals surface area contributed by atoms with Crippen LogP contribution in [-0.4, -0.2) is 23.1 Å². The van der Waals surface area contributed by atoms with Crippen molar-refractivity contribution in [1.82, 2.24) is 15.3 Å². The fraction of sp³-hybridized carbons (Fsp3) is 0.500. The van der Waals surface area contributed by atoms with Gasteiger partial charge in [-0.1, -0.05) is 18.9 Å². The molecular formula is C16H23N5S. The third kappa shape index (κ3) is 4.18. The van der Waals surface area contributed by atoms with Gasteiger partial charge in [-0.15, -0.1) is 11.3 Å². The molecule has 0 unspecified atom stereocenters. The topological polar surface area (TPSA) is 67.1 Å². The Bertz CT molecular complexity index is 572. The van der Waals surface area contributed by atoms with Crippen LogP contribution in [0, 0.1) is 0 Å². The van der Waals surface area contributed by atoms with Crippen LogP contribution >= 0.6 is 11.3 Å². The van der Waals surface area contributed by atoms with Crippen molar-refractivity contribution in [3.8, 4) is 0 Å². The zero-order valence-electron chi connectivity index (χ0n) is 12.8. The molecule has 0 aromatic carbocycles. The number of nitrogens with zero attached hydrogens (tertiary/aromatic N) is 3. The van der Waals surface area contributed by atoms with E-state index >= 15 is 0 Å². The number of thiazole rings is 1. The molecule has 0 amide bonds. The van der Waals surface area contributed by atoms with Gasteiger partial charge in [0.2, 0.25) is 0 Å². The minimum absolute atomic E-state index is 0.625. The molecule has 118 valence electrons. The Labute approximate surface area is 135 Å². The van der Waals surface area contributed by atoms with E-state index in [2.05, 4.69) is 32.3 Å². The Morgan fingerprint density at radius 3 is 2.50 bits per heavy atom. The van der Waals surface area contributed by atoms with Gasteiger partial charge in [-0.05, 0) is 24.5 Å². The number of pyridine rings is 1. The highest BCUT2D eigenvalue weighted by Crippen LogP contribution is 2.18. The van der Waals surface area contributed by atoms with Gasteiger partial charge in [-0.2, -0.15) is 0 Å². The molecule has 1 aliphatic rings. The standard InChI is InChI=1S/C16H23N5S/c17-16-20-12-14(22-16)11-18-9-13-5-6-15(19-10-13)21-7-3-1-2-4-8-21/h5-6,10,12,18H,1-4,7-9,11H2,(H2,17,20). The molecule has 22 heavy (non-hydrogen) atoms. The monoisotopic (exact) mass is 317 g/mol. The quantitative estimate of drug-likeness (QED) is 0.887. The summed E-state index contributed by atoms with van der Waals surface area (Å²) in [5, 5.41) is 4.03. The number of nitrogen functional groups attached to an aromatic ring is 1. The largest absolute Gasteiger partial charge is 0.375 e. The maximum absolute atomic E-state index is 5.63. The minimum atomic E-state index is 0.625. The van der Waals surface area contributed by atoms with Crippen molar-refractivity contribution < 1.29 is 0 Å². The summed E-state index contributed by atoms with van der Waals surface area (Å²) >= 11 is 1.53. The van der Waals surface area contributed by atoms with Crippen molar-refractivity contribution in [2.45, 2.75) is 38.8 Å². The second-order valence-corrected chi connectivity index (χ2v) is 6.84. The van der Waals surface area contributed by atoms with Gasteiger partial charge >= 0.3 is 0 Å². The van der Waals surface area contributed by atoms with Crippen molar-refractivity contribution in [2.75, 3.05) is 23.7 Å². The van der Waals surface area contributed by atoms with Gasteiger partial charge in [0.25, 0.3) is 0 Å². The van der Waals surface area contributed by atoms with Crippen molar-refractivity contribution >= 4 is 22.3 Å². The molecular weight excluding hydrogens is 294 g/mol. The van der Waals surface area contributed by atoms with Gasteiger partial charge in [0.1, 0.15) is 5.82 Å². The summed E-state index contributed by atoms with van der Waals surface area (Å²) in [5.74, 6) is 1.11. The lowest BCUT2D eigenvalue weighted by molar-refractivity contribution is 0.696. The molecule has 3 heterocycles. The van der Waals surface area contributed by atoms with E-state index in [9.17, 15) is 0 Å². The maximum atomic E-state index is 5.63. The van der Waals surface area contributed by atoms with Gasteiger partial charge in [-0.3, -0.25) is 0 Å². The molecule has 2 aromatic rings. The van der Waals surface area contributed by atoms with Crippen molar-refractivity contribution in [3.05, 3.63) is 35.0 Å². The second kappa shape index (κ2) is 7.56. The van der Waals surface area contributed by atoms with E-state index in [0.717, 1.165) is 36.9 Å². The molecule has 0 saturated carbocycles. The van der Waals surface area contributed by atoms with E-state index in [-0.39, 0.29) is 0 Å². The number of anilines is 2. The molecule has 0 aliphatic carbocycles. The summed E-state index contributed by atoms with van der Waals surface area (Å²) in [7, 11) is 0. The molecule has 0 bridgehead atoms. The van der Waals surface area contributed by atoms with Crippen LogP contribution in [0.1, 0.15) is 36.1 Å². The lowest BCUT2D eigenvalue weighted by atomic mass is 10.2. The van der Waals surface area contributed by atoms with E-state index in [1.807, 2.05) is 12.4 Å². The van der Waals surface area contributed by atoms with E-state index in [4.69, 9.17) is 5.73 Å². The number of rotatable bonds is 5. The summed E-state index contributed by atoms with van der Waals surface area (Å²) in [6.07, 6.45) is 9.06. The first-order chi connectivity index (χ1) is 10.8. The van der Waals surface area contributed by atoms with Crippen LogP contribution in [0.25, 0.3) is 0 Å². The molecule has 2 aromatic heterocycles. The molecule has 3 N–H and O–H groups in total. The molecule has 0 radical (unpaired) electrons. The first kappa shape index (κ1) is 15.2. The lowest BCUT2D eigenvalue weighted by Gasteiger charge is -2.21. The van der Waals surface area contributed by atoms with E-state index in [1.165, 1.54) is 42.6 Å². The fourth-order valence-corrected chi connectivity index (χ4v) is 3.40. The molecule has 6 heteroatoms. The zero-order chi connectivity index (χ0) is 15.2. The average Bonchev–Trinajstić information content (AvgIpc) is 2.78. The van der Waals surface area contributed by atoms with Gasteiger partial charge in [0, 0.05) is 43.4 Å². The van der Waals surface area contributed by atoms with Crippen LogP contribution in [0.3, 0.4) is 0 Å². The maximum Gasteiger partial charge on any atom is 0.180 e. The summed E-state index contributed by atoms with van der Waals surface area (Å²) in [4.78, 5) is 12.2. The summed E-state index contributed by atoms with van der Waals surface area (Å²) in [5.41, 5.74) is 6.83. The highest BCUT2D eigenvalue weighted by atomic mass is 32.1. The predicted molar refractivity (Wildman–Crippen MR) is 92.0 cm³/mol. The summed E-state index contributed by atoms with van der Waals surface area (Å²) in [6.45, 7) is 3.88. The number of nitrogens with two attached hydrogens (primary N) is 1. The Hall–Kier alpha value is -1.66. The number of nitrogens with one attached hydrogen (secondary N) is 1. The van der Waals surface area contributed by atoms with E-state index in [1.54, 1.807) is 0 Å². The van der Waals surface area contributed by atoms with Gasteiger partial charge in [-0.25, -0.2) is 9.97 Å². The molecule has 0 atom stereocenters. The van der Waals surface area contributed by atoms with Gasteiger partial charge in [0.05, 0.1) is 0 Å². The summed E-state index contributed by atoms with van der Waals surface area (Å²) < 4.78 is 0. The number of hydrogen-bond donors (Lipinski definition) is 2.